The number of rotatable bonds is 4. The number of hydrogen-bond acceptors (Lipinski definition) is 6. The number of nitrogens with one attached hydrogen (secondary N) is 2. The Balaban J connectivity index is 0.000000316. The predicted octanol–water partition coefficient (Wildman–Crippen LogP) is -1.88. The van der Waals surface area contributed by atoms with Crippen LogP contribution in [0.5, 0.6) is 0 Å². The first-order chi connectivity index (χ1) is 12.0. The van der Waals surface area contributed by atoms with Crippen LogP contribution in [0.2, 0.25) is 0 Å². The van der Waals surface area contributed by atoms with Crippen molar-refractivity contribution in [3.63, 3.8) is 0 Å². The second kappa shape index (κ2) is 8.84. The lowest BCUT2D eigenvalue weighted by Gasteiger charge is -2.50. The lowest BCUT2D eigenvalue weighted by molar-refractivity contribution is -0.378. The van der Waals surface area contributed by atoms with Gasteiger partial charge in [-0.3, -0.25) is 14.5 Å². The number of aromatic amines is 1. The van der Waals surface area contributed by atoms with Crippen LogP contribution in [0.4, 0.5) is 0 Å². The lowest BCUT2D eigenvalue weighted by Crippen LogP contribution is -2.71. The number of carbonyl (C=O) groups is 3. The van der Waals surface area contributed by atoms with Gasteiger partial charge in [0.05, 0.1) is 18.3 Å². The third kappa shape index (κ3) is 4.30. The molecule has 1 aromatic heterocycles. The Hall–Kier alpha value is -2.10. The Morgan fingerprint density at radius 2 is 2.08 bits per heavy atom. The summed E-state index contributed by atoms with van der Waals surface area (Å²) in [5.74, 6) is -2.55. The van der Waals surface area contributed by atoms with Gasteiger partial charge in [0, 0.05) is 17.9 Å². The van der Waals surface area contributed by atoms with Gasteiger partial charge in [0.25, 0.3) is 5.91 Å². The maximum Gasteiger partial charge on any atom is 0.253 e. The van der Waals surface area contributed by atoms with Crippen LogP contribution in [0.1, 0.15) is 0 Å². The van der Waals surface area contributed by atoms with E-state index in [4.69, 9.17) is 16.7 Å². The molecular weight excluding hydrogens is 370 g/mol. The Morgan fingerprint density at radius 3 is 2.52 bits per heavy atom. The van der Waals surface area contributed by atoms with Gasteiger partial charge in [0.15, 0.2) is 12.4 Å². The van der Waals surface area contributed by atoms with Gasteiger partial charge in [-0.2, -0.15) is 0 Å². The quantitative estimate of drug-likeness (QED) is 0.462. The van der Waals surface area contributed by atoms with Crippen molar-refractivity contribution in [2.45, 2.75) is 11.4 Å². The molecule has 134 valence electrons. The fourth-order valence-electron chi connectivity index (χ4n) is 2.35. The van der Waals surface area contributed by atoms with Gasteiger partial charge in [0.1, 0.15) is 17.3 Å². The van der Waals surface area contributed by atoms with E-state index in [0.717, 1.165) is 4.90 Å². The van der Waals surface area contributed by atoms with Crippen molar-refractivity contribution in [1.29, 1.82) is 0 Å². The Kier molecular flexibility index (Phi) is 6.80. The first kappa shape index (κ1) is 19.2. The zero-order valence-electron chi connectivity index (χ0n) is 13.0. The number of thioether (sulfide) groups is 1. The number of aliphatic hydroxyl groups excluding tert-OH is 1. The average Bonchev–Trinajstić information content (AvgIpc) is 2.66. The molecule has 1 unspecified atom stereocenters. The second-order valence-electron chi connectivity index (χ2n) is 5.06. The molecule has 0 bridgehead atoms. The minimum absolute atomic E-state index is 0.233. The van der Waals surface area contributed by atoms with Crippen LogP contribution in [0.15, 0.2) is 41.9 Å². The van der Waals surface area contributed by atoms with Crippen LogP contribution in [-0.2, 0) is 14.4 Å². The topological polar surface area (TPSA) is 124 Å². The van der Waals surface area contributed by atoms with E-state index in [1.807, 2.05) is 30.6 Å². The summed E-state index contributed by atoms with van der Waals surface area (Å²) in [7, 11) is 0. The second-order valence-corrected chi connectivity index (χ2v) is 6.44. The molecule has 1 fully saturated rings. The highest BCUT2D eigenvalue weighted by Crippen LogP contribution is 2.39. The van der Waals surface area contributed by atoms with Gasteiger partial charge in [-0.05, 0) is 5.57 Å². The van der Waals surface area contributed by atoms with E-state index in [1.165, 1.54) is 11.8 Å². The number of aliphatic hydroxyl groups is 1. The number of aliphatic carboxylic acids is 1. The molecule has 0 radical (unpaired) electrons. The molecule has 3 N–H and O–H groups in total. The number of aromatic nitrogens is 1. The van der Waals surface area contributed by atoms with Gasteiger partial charge in [-0.15, -0.1) is 23.4 Å². The number of hydrogen-bond donors (Lipinski definition) is 2. The van der Waals surface area contributed by atoms with Crippen molar-refractivity contribution in [1.82, 2.24) is 10.2 Å². The smallest absolute Gasteiger partial charge is 0.253 e. The number of alkyl halides is 1. The normalized spacial score (nSPS) is 21.5. The molecule has 1 saturated heterocycles. The Morgan fingerprint density at radius 1 is 1.40 bits per heavy atom. The number of pyridine rings is 1. The third-order valence-corrected chi connectivity index (χ3v) is 5.06. The van der Waals surface area contributed by atoms with Crippen LogP contribution in [0.3, 0.4) is 0 Å². The summed E-state index contributed by atoms with van der Waals surface area (Å²) in [6, 6.07) is 5.07. The van der Waals surface area contributed by atoms with Gasteiger partial charge < -0.3 is 20.3 Å². The molecule has 2 aliphatic rings. The standard InChI is InChI=1S/C10H11ClN2O5S.C5H5N/c11-1-5(15)12-6-8(16)13-7(10(17)18)4(2-14)3-19-9(6)13;1-2-4-6-5-3-1/h6,9,14H,1-3H2,(H,12,15)(H,17,18);1-5H/t6?,9-;/m1./s1. The summed E-state index contributed by atoms with van der Waals surface area (Å²) < 4.78 is 0. The molecule has 2 amide bonds. The van der Waals surface area contributed by atoms with E-state index < -0.39 is 35.8 Å². The molecule has 2 aliphatic heterocycles. The minimum atomic E-state index is -1.51. The highest BCUT2D eigenvalue weighted by atomic mass is 35.5. The summed E-state index contributed by atoms with van der Waals surface area (Å²) >= 11 is 6.60. The van der Waals surface area contributed by atoms with E-state index in [2.05, 4.69) is 10.3 Å². The van der Waals surface area contributed by atoms with Gasteiger partial charge in [0.2, 0.25) is 5.91 Å². The van der Waals surface area contributed by atoms with Crippen LogP contribution in [0, 0.1) is 0 Å². The minimum Gasteiger partial charge on any atom is -0.543 e. The molecule has 1 aromatic rings. The molecule has 10 heteroatoms. The highest BCUT2D eigenvalue weighted by molar-refractivity contribution is 8.00. The summed E-state index contributed by atoms with van der Waals surface area (Å²) in [5, 5.41) is 22.1. The van der Waals surface area contributed by atoms with Crippen molar-refractivity contribution < 1.29 is 29.6 Å². The van der Waals surface area contributed by atoms with Gasteiger partial charge in [-0.25, -0.2) is 4.98 Å². The van der Waals surface area contributed by atoms with E-state index >= 15 is 0 Å². The predicted molar refractivity (Wildman–Crippen MR) is 87.9 cm³/mol. The number of fused-ring (bicyclic) bond motifs is 1. The summed E-state index contributed by atoms with van der Waals surface area (Å²) in [5.41, 5.74) is -0.0654. The maximum absolute atomic E-state index is 11.9. The molecule has 3 rings (SSSR count). The van der Waals surface area contributed by atoms with Gasteiger partial charge in [-0.1, -0.05) is 6.07 Å². The van der Waals surface area contributed by atoms with E-state index in [-0.39, 0.29) is 22.9 Å². The van der Waals surface area contributed by atoms with Gasteiger partial charge >= 0.3 is 0 Å². The van der Waals surface area contributed by atoms with Crippen molar-refractivity contribution in [2.75, 3.05) is 18.2 Å². The van der Waals surface area contributed by atoms with E-state index in [9.17, 15) is 19.5 Å². The molecule has 0 aromatic carbocycles. The molecular formula is C15H16ClN3O5S. The number of amides is 2. The van der Waals surface area contributed by atoms with Crippen LogP contribution in [0.25, 0.3) is 0 Å². The largest absolute Gasteiger partial charge is 0.543 e. The molecule has 25 heavy (non-hydrogen) atoms. The van der Waals surface area contributed by atoms with Crippen molar-refractivity contribution in [3.05, 3.63) is 41.9 Å². The average molecular weight is 386 g/mol. The fraction of sp³-hybridized carbons (Fsp3) is 0.333. The number of β-lactam (4-membered cyclic amide) rings is 1. The van der Waals surface area contributed by atoms with Crippen molar-refractivity contribution in [2.24, 2.45) is 0 Å². The third-order valence-electron chi connectivity index (χ3n) is 3.48. The molecule has 0 saturated carbocycles. The van der Waals surface area contributed by atoms with Crippen molar-refractivity contribution >= 4 is 41.1 Å². The molecule has 8 nitrogen and oxygen atoms in total. The Bertz CT molecular complexity index is 658. The first-order valence-electron chi connectivity index (χ1n) is 7.26. The Labute approximate surface area is 152 Å². The maximum atomic E-state index is 11.9. The summed E-state index contributed by atoms with van der Waals surface area (Å²) in [6.07, 6.45) is 3.75. The lowest BCUT2D eigenvalue weighted by atomic mass is 10.0. The number of carboxylic acids is 1. The first-order valence-corrected chi connectivity index (χ1v) is 8.85. The molecule has 0 spiro atoms. The van der Waals surface area contributed by atoms with Crippen LogP contribution < -0.4 is 15.4 Å². The van der Waals surface area contributed by atoms with Crippen LogP contribution >= 0.6 is 23.4 Å². The molecule has 0 aliphatic carbocycles. The van der Waals surface area contributed by atoms with E-state index in [0.29, 0.717) is 0 Å². The summed E-state index contributed by atoms with van der Waals surface area (Å²) in [4.78, 5) is 38.0. The van der Waals surface area contributed by atoms with Crippen molar-refractivity contribution in [3.8, 4) is 0 Å². The molecule has 3 heterocycles. The molecule has 2 atom stereocenters. The monoisotopic (exact) mass is 385 g/mol. The number of carbonyl (C=O) groups excluding carboxylic acids is 3. The highest BCUT2D eigenvalue weighted by Gasteiger charge is 2.52. The van der Waals surface area contributed by atoms with E-state index in [1.54, 1.807) is 0 Å². The zero-order valence-corrected chi connectivity index (χ0v) is 14.5. The number of H-pyrrole nitrogens is 1. The van der Waals surface area contributed by atoms with Crippen LogP contribution in [-0.4, -0.2) is 57.4 Å². The number of nitrogens with zero attached hydrogens (tertiary/aromatic N) is 1. The number of carboxylic acid groups (broad SMARTS) is 1. The number of halogens is 1. The fourth-order valence-corrected chi connectivity index (χ4v) is 3.76. The zero-order chi connectivity index (χ0) is 18.4. The SMILES string of the molecule is O=C(CCl)NC1C(=O)N2C(C(=O)[O-])=C(CO)CS[C@H]12.c1cc[nH+]cc1. The summed E-state index contributed by atoms with van der Waals surface area (Å²) in [6.45, 7) is -0.453.